The summed E-state index contributed by atoms with van der Waals surface area (Å²) in [5.41, 5.74) is 3.55. The summed E-state index contributed by atoms with van der Waals surface area (Å²) in [6.07, 6.45) is 3.04. The van der Waals surface area contributed by atoms with Crippen LogP contribution in [0.1, 0.15) is 16.8 Å². The Hall–Kier alpha value is -2.81. The standard InChI is InChI=1S/C22H24NO2/c1-18-22(25-17-20-11-7-4-8-12-20)21(24-2)14-16-23(18)15-13-19-9-5-3-6-10-19/h3-12,14,16H,13,15,17H2,1-2H3/q+1. The molecule has 0 fully saturated rings. The molecule has 0 aliphatic carbocycles. The number of aryl methyl sites for hydroxylation is 2. The molecule has 0 amide bonds. The zero-order valence-corrected chi connectivity index (χ0v) is 14.8. The summed E-state index contributed by atoms with van der Waals surface area (Å²) in [5, 5.41) is 0. The number of aromatic nitrogens is 1. The second-order valence-corrected chi connectivity index (χ2v) is 6.00. The summed E-state index contributed by atoms with van der Waals surface area (Å²) in [5.74, 6) is 1.58. The smallest absolute Gasteiger partial charge is 0.229 e. The van der Waals surface area contributed by atoms with Crippen LogP contribution in [-0.4, -0.2) is 7.11 Å². The summed E-state index contributed by atoms with van der Waals surface area (Å²) < 4.78 is 13.8. The fourth-order valence-electron chi connectivity index (χ4n) is 2.86. The van der Waals surface area contributed by atoms with E-state index in [2.05, 4.69) is 54.1 Å². The Balaban J connectivity index is 1.76. The van der Waals surface area contributed by atoms with E-state index in [1.165, 1.54) is 5.56 Å². The minimum absolute atomic E-state index is 0.529. The largest absolute Gasteiger partial charge is 0.492 e. The average Bonchev–Trinajstić information content (AvgIpc) is 2.67. The van der Waals surface area contributed by atoms with Gasteiger partial charge in [-0.1, -0.05) is 60.7 Å². The molecule has 0 spiro atoms. The highest BCUT2D eigenvalue weighted by atomic mass is 16.5. The number of hydrogen-bond acceptors (Lipinski definition) is 2. The van der Waals surface area contributed by atoms with E-state index in [-0.39, 0.29) is 0 Å². The highest BCUT2D eigenvalue weighted by Gasteiger charge is 2.18. The van der Waals surface area contributed by atoms with Crippen molar-refractivity contribution >= 4 is 0 Å². The number of benzene rings is 2. The van der Waals surface area contributed by atoms with Crippen molar-refractivity contribution in [2.45, 2.75) is 26.5 Å². The van der Waals surface area contributed by atoms with Crippen molar-refractivity contribution in [2.24, 2.45) is 0 Å². The molecular formula is C22H24NO2+. The topological polar surface area (TPSA) is 22.3 Å². The summed E-state index contributed by atoms with van der Waals surface area (Å²) in [7, 11) is 1.68. The second kappa shape index (κ2) is 8.34. The van der Waals surface area contributed by atoms with E-state index in [1.54, 1.807) is 7.11 Å². The summed E-state index contributed by atoms with van der Waals surface area (Å²) in [6, 6.07) is 22.7. The lowest BCUT2D eigenvalue weighted by Gasteiger charge is -2.12. The maximum Gasteiger partial charge on any atom is 0.229 e. The van der Waals surface area contributed by atoms with Crippen LogP contribution in [0.2, 0.25) is 0 Å². The molecule has 3 nitrogen and oxygen atoms in total. The minimum atomic E-state index is 0.529. The first-order chi connectivity index (χ1) is 12.3. The molecule has 0 unspecified atom stereocenters. The first-order valence-electron chi connectivity index (χ1n) is 8.55. The van der Waals surface area contributed by atoms with Crippen molar-refractivity contribution in [3.63, 3.8) is 0 Å². The van der Waals surface area contributed by atoms with Crippen molar-refractivity contribution in [1.82, 2.24) is 0 Å². The van der Waals surface area contributed by atoms with Gasteiger partial charge >= 0.3 is 0 Å². The monoisotopic (exact) mass is 334 g/mol. The minimum Gasteiger partial charge on any atom is -0.492 e. The Bertz CT molecular complexity index is 801. The molecule has 128 valence electrons. The maximum atomic E-state index is 6.09. The third-order valence-electron chi connectivity index (χ3n) is 4.32. The van der Waals surface area contributed by atoms with Gasteiger partial charge in [-0.05, 0) is 11.1 Å². The van der Waals surface area contributed by atoms with Crippen LogP contribution in [0.15, 0.2) is 72.9 Å². The van der Waals surface area contributed by atoms with Gasteiger partial charge in [-0.2, -0.15) is 4.57 Å². The molecule has 3 rings (SSSR count). The lowest BCUT2D eigenvalue weighted by Crippen LogP contribution is -2.38. The molecule has 0 bridgehead atoms. The maximum absolute atomic E-state index is 6.09. The fourth-order valence-corrected chi connectivity index (χ4v) is 2.86. The normalized spacial score (nSPS) is 10.5. The highest BCUT2D eigenvalue weighted by molar-refractivity contribution is 5.40. The van der Waals surface area contributed by atoms with Crippen molar-refractivity contribution in [1.29, 1.82) is 0 Å². The van der Waals surface area contributed by atoms with E-state index in [1.807, 2.05) is 30.3 Å². The molecule has 0 saturated heterocycles. The van der Waals surface area contributed by atoms with E-state index in [9.17, 15) is 0 Å². The first kappa shape index (κ1) is 17.0. The van der Waals surface area contributed by atoms with Gasteiger partial charge in [0.05, 0.1) is 7.11 Å². The number of rotatable bonds is 7. The van der Waals surface area contributed by atoms with Crippen LogP contribution in [-0.2, 0) is 19.6 Å². The highest BCUT2D eigenvalue weighted by Crippen LogP contribution is 2.29. The predicted octanol–water partition coefficient (Wildman–Crippen LogP) is 4.11. The first-order valence-corrected chi connectivity index (χ1v) is 8.55. The van der Waals surface area contributed by atoms with Crippen molar-refractivity contribution in [2.75, 3.05) is 7.11 Å². The van der Waals surface area contributed by atoms with Gasteiger partial charge in [0.25, 0.3) is 0 Å². The molecule has 0 saturated carbocycles. The summed E-state index contributed by atoms with van der Waals surface area (Å²) in [4.78, 5) is 0. The number of methoxy groups -OCH3 is 1. The lowest BCUT2D eigenvalue weighted by atomic mass is 10.1. The molecule has 0 aliphatic rings. The molecule has 0 N–H and O–H groups in total. The molecule has 3 aromatic rings. The molecule has 0 radical (unpaired) electrons. The van der Waals surface area contributed by atoms with Crippen LogP contribution < -0.4 is 14.0 Å². The number of ether oxygens (including phenoxy) is 2. The third kappa shape index (κ3) is 4.38. The van der Waals surface area contributed by atoms with Crippen molar-refractivity contribution in [3.05, 3.63) is 89.7 Å². The SMILES string of the molecule is COc1cc[n+](CCc2ccccc2)c(C)c1OCc1ccccc1. The van der Waals surface area contributed by atoms with E-state index in [0.717, 1.165) is 35.7 Å². The Morgan fingerprint density at radius 2 is 1.48 bits per heavy atom. The third-order valence-corrected chi connectivity index (χ3v) is 4.32. The quantitative estimate of drug-likeness (QED) is 0.607. The second-order valence-electron chi connectivity index (χ2n) is 6.00. The summed E-state index contributed by atoms with van der Waals surface area (Å²) in [6.45, 7) is 3.51. The van der Waals surface area contributed by atoms with Gasteiger partial charge in [0.2, 0.25) is 11.4 Å². The van der Waals surface area contributed by atoms with Crippen LogP contribution in [0.5, 0.6) is 11.5 Å². The molecule has 0 aliphatic heterocycles. The Morgan fingerprint density at radius 1 is 0.840 bits per heavy atom. The van der Waals surface area contributed by atoms with Crippen LogP contribution >= 0.6 is 0 Å². The number of pyridine rings is 1. The molecule has 3 heteroatoms. The van der Waals surface area contributed by atoms with Gasteiger partial charge < -0.3 is 9.47 Å². The van der Waals surface area contributed by atoms with E-state index < -0.39 is 0 Å². The van der Waals surface area contributed by atoms with Crippen LogP contribution in [0.4, 0.5) is 0 Å². The van der Waals surface area contributed by atoms with Crippen LogP contribution in [0.3, 0.4) is 0 Å². The molecular weight excluding hydrogens is 310 g/mol. The number of hydrogen-bond donors (Lipinski definition) is 0. The lowest BCUT2D eigenvalue weighted by molar-refractivity contribution is -0.702. The van der Waals surface area contributed by atoms with Gasteiger partial charge in [0.1, 0.15) is 6.61 Å². The molecule has 0 atom stereocenters. The fraction of sp³-hybridized carbons (Fsp3) is 0.227. The van der Waals surface area contributed by atoms with E-state index in [4.69, 9.17) is 9.47 Å². The Kier molecular flexibility index (Phi) is 5.68. The van der Waals surface area contributed by atoms with Gasteiger partial charge in [-0.15, -0.1) is 0 Å². The molecule has 2 aromatic carbocycles. The van der Waals surface area contributed by atoms with Crippen LogP contribution in [0, 0.1) is 6.92 Å². The van der Waals surface area contributed by atoms with Gasteiger partial charge in [-0.3, -0.25) is 0 Å². The van der Waals surface area contributed by atoms with E-state index >= 15 is 0 Å². The van der Waals surface area contributed by atoms with Gasteiger partial charge in [0, 0.05) is 19.4 Å². The molecule has 1 aromatic heterocycles. The van der Waals surface area contributed by atoms with E-state index in [0.29, 0.717) is 6.61 Å². The Labute approximate surface area is 149 Å². The number of nitrogens with zero attached hydrogens (tertiary/aromatic N) is 1. The van der Waals surface area contributed by atoms with Crippen molar-refractivity contribution in [3.8, 4) is 11.5 Å². The zero-order valence-electron chi connectivity index (χ0n) is 14.8. The van der Waals surface area contributed by atoms with Crippen molar-refractivity contribution < 1.29 is 14.0 Å². The van der Waals surface area contributed by atoms with Gasteiger partial charge in [0.15, 0.2) is 18.5 Å². The molecule has 1 heterocycles. The average molecular weight is 334 g/mol. The zero-order chi connectivity index (χ0) is 17.5. The van der Waals surface area contributed by atoms with Crippen LogP contribution in [0.25, 0.3) is 0 Å². The predicted molar refractivity (Wildman–Crippen MR) is 98.8 cm³/mol. The Morgan fingerprint density at radius 3 is 2.12 bits per heavy atom. The summed E-state index contributed by atoms with van der Waals surface area (Å²) >= 11 is 0. The molecule has 25 heavy (non-hydrogen) atoms. The van der Waals surface area contributed by atoms with Gasteiger partial charge in [-0.25, -0.2) is 0 Å².